The lowest BCUT2D eigenvalue weighted by atomic mass is 9.98. The van der Waals surface area contributed by atoms with Crippen molar-refractivity contribution in [2.45, 2.75) is 58.8 Å². The summed E-state index contributed by atoms with van der Waals surface area (Å²) in [4.78, 5) is 23.2. The Labute approximate surface area is 97.3 Å². The summed E-state index contributed by atoms with van der Waals surface area (Å²) in [5.41, 5.74) is -1.84. The molecule has 4 heteroatoms. The first-order chi connectivity index (χ1) is 7.04. The summed E-state index contributed by atoms with van der Waals surface area (Å²) >= 11 is 0. The minimum atomic E-state index is -0.946. The highest BCUT2D eigenvalue weighted by Crippen LogP contribution is 2.19. The van der Waals surface area contributed by atoms with E-state index in [4.69, 9.17) is 9.47 Å². The quantitative estimate of drug-likeness (QED) is 0.697. The van der Waals surface area contributed by atoms with Crippen molar-refractivity contribution in [2.24, 2.45) is 0 Å². The Morgan fingerprint density at radius 1 is 1.06 bits per heavy atom. The Kier molecular flexibility index (Phi) is 4.83. The molecule has 0 amide bonds. The van der Waals surface area contributed by atoms with Gasteiger partial charge < -0.3 is 9.47 Å². The van der Waals surface area contributed by atoms with Crippen LogP contribution in [-0.4, -0.2) is 36.0 Å². The molecule has 0 rings (SSSR count). The summed E-state index contributed by atoms with van der Waals surface area (Å²) in [6.07, 6.45) is -0.672. The van der Waals surface area contributed by atoms with E-state index < -0.39 is 17.3 Å². The lowest BCUT2D eigenvalue weighted by Crippen LogP contribution is -2.46. The Hall–Kier alpha value is -0.740. The molecular weight excluding hydrogens is 208 g/mol. The van der Waals surface area contributed by atoms with Crippen LogP contribution in [0.15, 0.2) is 0 Å². The highest BCUT2D eigenvalue weighted by Gasteiger charge is 2.36. The maximum Gasteiger partial charge on any atom is 0.192 e. The summed E-state index contributed by atoms with van der Waals surface area (Å²) in [7, 11) is 1.47. The zero-order chi connectivity index (χ0) is 13.1. The zero-order valence-corrected chi connectivity index (χ0v) is 11.2. The van der Waals surface area contributed by atoms with E-state index in [1.807, 2.05) is 0 Å². The number of rotatable bonds is 6. The van der Waals surface area contributed by atoms with Crippen LogP contribution in [-0.2, 0) is 19.1 Å². The Morgan fingerprint density at radius 2 is 1.50 bits per heavy atom. The SMILES string of the molecule is COC(C)(C)C(=O)C(C)OC(C)(C)C(C)=O. The maximum atomic E-state index is 11.9. The van der Waals surface area contributed by atoms with Crippen LogP contribution < -0.4 is 0 Å². The summed E-state index contributed by atoms with van der Waals surface area (Å²) in [6, 6.07) is 0. The van der Waals surface area contributed by atoms with Crippen molar-refractivity contribution in [2.75, 3.05) is 7.11 Å². The third-order valence-corrected chi connectivity index (χ3v) is 2.79. The number of ether oxygens (including phenoxy) is 2. The third-order valence-electron chi connectivity index (χ3n) is 2.79. The fraction of sp³-hybridized carbons (Fsp3) is 0.833. The lowest BCUT2D eigenvalue weighted by Gasteiger charge is -2.30. The fourth-order valence-electron chi connectivity index (χ4n) is 1.17. The maximum absolute atomic E-state index is 11.9. The van der Waals surface area contributed by atoms with Crippen molar-refractivity contribution in [3.8, 4) is 0 Å². The first kappa shape index (κ1) is 15.3. The molecule has 0 fully saturated rings. The van der Waals surface area contributed by atoms with Gasteiger partial charge in [-0.2, -0.15) is 0 Å². The van der Waals surface area contributed by atoms with Gasteiger partial charge in [-0.05, 0) is 41.5 Å². The molecule has 1 atom stereocenters. The number of ketones is 2. The molecule has 0 bridgehead atoms. The molecule has 0 aliphatic rings. The topological polar surface area (TPSA) is 52.6 Å². The predicted molar refractivity (Wildman–Crippen MR) is 61.4 cm³/mol. The molecule has 4 nitrogen and oxygen atoms in total. The van der Waals surface area contributed by atoms with E-state index in [9.17, 15) is 9.59 Å². The molecule has 1 unspecified atom stereocenters. The van der Waals surface area contributed by atoms with Gasteiger partial charge in [0.15, 0.2) is 11.6 Å². The minimum absolute atomic E-state index is 0.109. The molecule has 0 aromatic rings. The number of carbonyl (C=O) groups is 2. The van der Waals surface area contributed by atoms with Gasteiger partial charge in [0.05, 0.1) is 0 Å². The molecule has 94 valence electrons. The molecule has 0 aliphatic heterocycles. The summed E-state index contributed by atoms with van der Waals surface area (Å²) in [5.74, 6) is -0.285. The van der Waals surface area contributed by atoms with E-state index in [1.54, 1.807) is 34.6 Å². The summed E-state index contributed by atoms with van der Waals surface area (Å²) < 4.78 is 10.6. The van der Waals surface area contributed by atoms with Crippen molar-refractivity contribution < 1.29 is 19.1 Å². The minimum Gasteiger partial charge on any atom is -0.371 e. The van der Waals surface area contributed by atoms with Crippen LogP contribution in [0.2, 0.25) is 0 Å². The van der Waals surface area contributed by atoms with Crippen LogP contribution in [0.25, 0.3) is 0 Å². The summed E-state index contributed by atoms with van der Waals surface area (Å²) in [5, 5.41) is 0. The van der Waals surface area contributed by atoms with Gasteiger partial charge in [0, 0.05) is 7.11 Å². The average molecular weight is 230 g/mol. The number of methoxy groups -OCH3 is 1. The first-order valence-electron chi connectivity index (χ1n) is 5.33. The van der Waals surface area contributed by atoms with Gasteiger partial charge in [0.2, 0.25) is 0 Å². The predicted octanol–water partition coefficient (Wildman–Crippen LogP) is 1.75. The smallest absolute Gasteiger partial charge is 0.192 e. The van der Waals surface area contributed by atoms with Crippen LogP contribution >= 0.6 is 0 Å². The molecule has 0 aliphatic carbocycles. The van der Waals surface area contributed by atoms with E-state index in [0.717, 1.165) is 0 Å². The van der Waals surface area contributed by atoms with Gasteiger partial charge in [0.25, 0.3) is 0 Å². The molecule has 0 radical (unpaired) electrons. The molecule has 0 aromatic heterocycles. The largest absolute Gasteiger partial charge is 0.371 e. The van der Waals surface area contributed by atoms with Crippen molar-refractivity contribution in [3.05, 3.63) is 0 Å². The van der Waals surface area contributed by atoms with Crippen LogP contribution in [0.3, 0.4) is 0 Å². The highest BCUT2D eigenvalue weighted by atomic mass is 16.5. The first-order valence-corrected chi connectivity index (χ1v) is 5.33. The van der Waals surface area contributed by atoms with Gasteiger partial charge in [0.1, 0.15) is 17.3 Å². The molecular formula is C12H22O4. The van der Waals surface area contributed by atoms with E-state index >= 15 is 0 Å². The second-order valence-corrected chi connectivity index (χ2v) is 4.91. The Balaban J connectivity index is 4.66. The van der Waals surface area contributed by atoms with E-state index in [2.05, 4.69) is 0 Å². The standard InChI is InChI=1S/C12H22O4/c1-8(10(14)12(5,6)15-7)16-11(3,4)9(2)13/h8H,1-7H3. The van der Waals surface area contributed by atoms with Crippen molar-refractivity contribution >= 4 is 11.6 Å². The normalized spacial score (nSPS) is 14.7. The van der Waals surface area contributed by atoms with Crippen LogP contribution in [0.5, 0.6) is 0 Å². The molecule has 0 aromatic carbocycles. The van der Waals surface area contributed by atoms with Crippen molar-refractivity contribution in [3.63, 3.8) is 0 Å². The molecule has 0 spiro atoms. The zero-order valence-electron chi connectivity index (χ0n) is 11.2. The van der Waals surface area contributed by atoms with Crippen molar-refractivity contribution in [1.29, 1.82) is 0 Å². The van der Waals surface area contributed by atoms with E-state index in [0.29, 0.717) is 0 Å². The monoisotopic (exact) mass is 230 g/mol. The molecule has 0 saturated heterocycles. The molecule has 0 saturated carbocycles. The Morgan fingerprint density at radius 3 is 1.81 bits per heavy atom. The second-order valence-electron chi connectivity index (χ2n) is 4.91. The average Bonchev–Trinajstić information content (AvgIpc) is 2.15. The highest BCUT2D eigenvalue weighted by molar-refractivity contribution is 5.91. The Bertz CT molecular complexity index is 279. The van der Waals surface area contributed by atoms with Gasteiger partial charge in [-0.3, -0.25) is 9.59 Å². The lowest BCUT2D eigenvalue weighted by molar-refractivity contribution is -0.163. The van der Waals surface area contributed by atoms with E-state index in [-0.39, 0.29) is 11.6 Å². The number of hydrogen-bond acceptors (Lipinski definition) is 4. The molecule has 16 heavy (non-hydrogen) atoms. The van der Waals surface area contributed by atoms with Gasteiger partial charge in [-0.1, -0.05) is 0 Å². The summed E-state index contributed by atoms with van der Waals surface area (Å²) in [6.45, 7) is 9.73. The van der Waals surface area contributed by atoms with Gasteiger partial charge in [-0.15, -0.1) is 0 Å². The van der Waals surface area contributed by atoms with Crippen LogP contribution in [0.1, 0.15) is 41.5 Å². The van der Waals surface area contributed by atoms with Crippen molar-refractivity contribution in [1.82, 2.24) is 0 Å². The fourth-order valence-corrected chi connectivity index (χ4v) is 1.17. The number of hydrogen-bond donors (Lipinski definition) is 0. The van der Waals surface area contributed by atoms with Gasteiger partial charge >= 0.3 is 0 Å². The van der Waals surface area contributed by atoms with E-state index in [1.165, 1.54) is 14.0 Å². The second kappa shape index (κ2) is 5.06. The molecule has 0 heterocycles. The third kappa shape index (κ3) is 3.68. The number of carbonyl (C=O) groups excluding carboxylic acids is 2. The van der Waals surface area contributed by atoms with Crippen LogP contribution in [0.4, 0.5) is 0 Å². The number of Topliss-reactive ketones (excluding diaryl/α,β-unsaturated/α-hetero) is 2. The van der Waals surface area contributed by atoms with Crippen LogP contribution in [0, 0.1) is 0 Å². The molecule has 0 N–H and O–H groups in total. The van der Waals surface area contributed by atoms with Gasteiger partial charge in [-0.25, -0.2) is 0 Å².